The van der Waals surface area contributed by atoms with Crippen LogP contribution in [0.2, 0.25) is 0 Å². The molecule has 1 N–H and O–H groups in total. The van der Waals surface area contributed by atoms with Gasteiger partial charge < -0.3 is 19.1 Å². The minimum absolute atomic E-state index is 0.344. The van der Waals surface area contributed by atoms with Crippen molar-refractivity contribution in [2.24, 2.45) is 0 Å². The standard InChI is InChI=1S/C19H20N4O4/c1-26-16-6-13-4-3-12(5-14(13)7-17(16)27-2)8-22-10-18-21-20-11-23(18)9-15(22)19(24)25/h3-7,11,15H,8-10H2,1-2H3,(H,24,25). The van der Waals surface area contributed by atoms with Crippen molar-refractivity contribution in [3.05, 3.63) is 48.0 Å². The second-order valence-electron chi connectivity index (χ2n) is 6.55. The van der Waals surface area contributed by atoms with Crippen molar-refractivity contribution >= 4 is 16.7 Å². The molecule has 4 rings (SSSR count). The molecule has 2 aromatic carbocycles. The van der Waals surface area contributed by atoms with E-state index in [1.165, 1.54) is 0 Å². The number of carbonyl (C=O) groups is 1. The SMILES string of the molecule is COc1cc2ccc(CN3Cc4nncn4CC3C(=O)O)cc2cc1OC. The lowest BCUT2D eigenvalue weighted by molar-refractivity contribution is -0.145. The number of ether oxygens (including phenoxy) is 2. The minimum atomic E-state index is -0.846. The van der Waals surface area contributed by atoms with Crippen LogP contribution in [0.25, 0.3) is 10.8 Å². The predicted molar refractivity (Wildman–Crippen MR) is 97.7 cm³/mol. The van der Waals surface area contributed by atoms with Crippen molar-refractivity contribution in [3.63, 3.8) is 0 Å². The number of carboxylic acids is 1. The van der Waals surface area contributed by atoms with Crippen LogP contribution in [-0.2, 0) is 24.4 Å². The molecule has 1 aliphatic heterocycles. The molecule has 0 fully saturated rings. The molecule has 140 valence electrons. The number of carboxylic acid groups (broad SMARTS) is 1. The van der Waals surface area contributed by atoms with Crippen LogP contribution in [0.1, 0.15) is 11.4 Å². The van der Waals surface area contributed by atoms with Crippen molar-refractivity contribution in [2.45, 2.75) is 25.7 Å². The van der Waals surface area contributed by atoms with E-state index in [2.05, 4.69) is 16.3 Å². The summed E-state index contributed by atoms with van der Waals surface area (Å²) in [7, 11) is 3.22. The first-order valence-electron chi connectivity index (χ1n) is 8.57. The van der Waals surface area contributed by atoms with Gasteiger partial charge in [-0.15, -0.1) is 10.2 Å². The molecule has 3 aromatic rings. The smallest absolute Gasteiger partial charge is 0.322 e. The molecule has 0 aliphatic carbocycles. The lowest BCUT2D eigenvalue weighted by Crippen LogP contribution is -2.47. The lowest BCUT2D eigenvalue weighted by atomic mass is 10.0. The van der Waals surface area contributed by atoms with Crippen molar-refractivity contribution in [1.29, 1.82) is 0 Å². The maximum Gasteiger partial charge on any atom is 0.322 e. The van der Waals surface area contributed by atoms with Gasteiger partial charge in [0, 0.05) is 6.54 Å². The van der Waals surface area contributed by atoms with Crippen molar-refractivity contribution in [2.75, 3.05) is 14.2 Å². The first-order valence-corrected chi connectivity index (χ1v) is 8.57. The second-order valence-corrected chi connectivity index (χ2v) is 6.55. The van der Waals surface area contributed by atoms with Gasteiger partial charge in [0.2, 0.25) is 0 Å². The van der Waals surface area contributed by atoms with Gasteiger partial charge >= 0.3 is 5.97 Å². The molecule has 0 spiro atoms. The fraction of sp³-hybridized carbons (Fsp3) is 0.316. The molecule has 0 radical (unpaired) electrons. The van der Waals surface area contributed by atoms with Crippen LogP contribution in [0.3, 0.4) is 0 Å². The summed E-state index contributed by atoms with van der Waals surface area (Å²) in [6.07, 6.45) is 1.58. The number of benzene rings is 2. The number of rotatable bonds is 5. The highest BCUT2D eigenvalue weighted by atomic mass is 16.5. The van der Waals surface area contributed by atoms with E-state index >= 15 is 0 Å². The maximum atomic E-state index is 11.7. The van der Waals surface area contributed by atoms with Crippen LogP contribution in [0, 0.1) is 0 Å². The lowest BCUT2D eigenvalue weighted by Gasteiger charge is -2.33. The summed E-state index contributed by atoms with van der Waals surface area (Å²) in [5, 5.41) is 19.6. The maximum absolute atomic E-state index is 11.7. The van der Waals surface area contributed by atoms with Crippen LogP contribution in [0.4, 0.5) is 0 Å². The largest absolute Gasteiger partial charge is 0.493 e. The molecule has 1 atom stereocenters. The average Bonchev–Trinajstić information content (AvgIpc) is 3.13. The number of methoxy groups -OCH3 is 2. The number of hydrogen-bond acceptors (Lipinski definition) is 6. The molecule has 8 heteroatoms. The van der Waals surface area contributed by atoms with E-state index < -0.39 is 12.0 Å². The summed E-state index contributed by atoms with van der Waals surface area (Å²) < 4.78 is 12.5. The Morgan fingerprint density at radius 3 is 2.63 bits per heavy atom. The molecule has 1 aromatic heterocycles. The topological polar surface area (TPSA) is 89.7 Å². The second kappa shape index (κ2) is 6.88. The van der Waals surface area contributed by atoms with Crippen molar-refractivity contribution in [3.8, 4) is 11.5 Å². The van der Waals surface area contributed by atoms with E-state index in [4.69, 9.17) is 9.47 Å². The average molecular weight is 368 g/mol. The Labute approximate surface area is 155 Å². The summed E-state index contributed by atoms with van der Waals surface area (Å²) in [6.45, 7) is 1.30. The highest BCUT2D eigenvalue weighted by molar-refractivity contribution is 5.86. The molecule has 0 amide bonds. The normalized spacial score (nSPS) is 16.9. The predicted octanol–water partition coefficient (Wildman–Crippen LogP) is 1.92. The monoisotopic (exact) mass is 368 g/mol. The Morgan fingerprint density at radius 2 is 1.93 bits per heavy atom. The summed E-state index contributed by atoms with van der Waals surface area (Å²) >= 11 is 0. The Hall–Kier alpha value is -3.13. The van der Waals surface area contributed by atoms with Gasteiger partial charge in [0.05, 0.1) is 27.3 Å². The number of aliphatic carboxylic acids is 1. The van der Waals surface area contributed by atoms with Crippen molar-refractivity contribution < 1.29 is 19.4 Å². The zero-order chi connectivity index (χ0) is 19.0. The van der Waals surface area contributed by atoms with Gasteiger partial charge in [-0.1, -0.05) is 12.1 Å². The third-order valence-corrected chi connectivity index (χ3v) is 4.93. The van der Waals surface area contributed by atoms with E-state index in [9.17, 15) is 9.90 Å². The van der Waals surface area contributed by atoms with Crippen LogP contribution < -0.4 is 9.47 Å². The summed E-state index contributed by atoms with van der Waals surface area (Å²) in [4.78, 5) is 13.6. The first-order chi connectivity index (χ1) is 13.1. The summed E-state index contributed by atoms with van der Waals surface area (Å²) in [5.41, 5.74) is 1.02. The van der Waals surface area contributed by atoms with Crippen LogP contribution in [-0.4, -0.2) is 51.0 Å². The van der Waals surface area contributed by atoms with Crippen LogP contribution in [0.15, 0.2) is 36.7 Å². The van der Waals surface area contributed by atoms with Gasteiger partial charge in [-0.2, -0.15) is 0 Å². The molecule has 0 saturated heterocycles. The molecule has 2 heterocycles. The molecular weight excluding hydrogens is 348 g/mol. The Morgan fingerprint density at radius 1 is 1.19 bits per heavy atom. The van der Waals surface area contributed by atoms with E-state index in [0.717, 1.165) is 22.2 Å². The summed E-state index contributed by atoms with van der Waals surface area (Å²) in [5.74, 6) is 1.27. The number of aromatic nitrogens is 3. The summed E-state index contributed by atoms with van der Waals surface area (Å²) in [6, 6.07) is 9.31. The molecule has 27 heavy (non-hydrogen) atoms. The van der Waals surface area contributed by atoms with E-state index in [1.807, 2.05) is 29.2 Å². The Bertz CT molecular complexity index is 1000. The van der Waals surface area contributed by atoms with E-state index in [-0.39, 0.29) is 0 Å². The zero-order valence-electron chi connectivity index (χ0n) is 15.1. The third-order valence-electron chi connectivity index (χ3n) is 4.93. The molecule has 0 saturated carbocycles. The van der Waals surface area contributed by atoms with Gasteiger partial charge in [0.25, 0.3) is 0 Å². The highest BCUT2D eigenvalue weighted by Gasteiger charge is 2.32. The van der Waals surface area contributed by atoms with Crippen molar-refractivity contribution in [1.82, 2.24) is 19.7 Å². The molecule has 0 bridgehead atoms. The van der Waals surface area contributed by atoms with E-state index in [0.29, 0.717) is 31.1 Å². The van der Waals surface area contributed by atoms with E-state index in [1.54, 1.807) is 25.1 Å². The minimum Gasteiger partial charge on any atom is -0.493 e. The number of nitrogens with zero attached hydrogens (tertiary/aromatic N) is 4. The van der Waals surface area contributed by atoms with Crippen LogP contribution >= 0.6 is 0 Å². The number of fused-ring (bicyclic) bond motifs is 2. The first kappa shape index (κ1) is 17.3. The fourth-order valence-corrected chi connectivity index (χ4v) is 3.51. The fourth-order valence-electron chi connectivity index (χ4n) is 3.51. The van der Waals surface area contributed by atoms with Gasteiger partial charge in [-0.3, -0.25) is 9.69 Å². The molecular formula is C19H20N4O4. The Kier molecular flexibility index (Phi) is 4.41. The Balaban J connectivity index is 1.65. The third kappa shape index (κ3) is 3.19. The highest BCUT2D eigenvalue weighted by Crippen LogP contribution is 2.33. The van der Waals surface area contributed by atoms with Gasteiger partial charge in [0.15, 0.2) is 11.5 Å². The molecule has 8 nitrogen and oxygen atoms in total. The van der Waals surface area contributed by atoms with Gasteiger partial charge in [-0.05, 0) is 34.5 Å². The molecule has 1 aliphatic rings. The number of hydrogen-bond donors (Lipinski definition) is 1. The zero-order valence-corrected chi connectivity index (χ0v) is 15.1. The van der Waals surface area contributed by atoms with Crippen LogP contribution in [0.5, 0.6) is 11.5 Å². The van der Waals surface area contributed by atoms with Gasteiger partial charge in [0.1, 0.15) is 18.2 Å². The van der Waals surface area contributed by atoms with Gasteiger partial charge in [-0.25, -0.2) is 0 Å². The molecule has 1 unspecified atom stereocenters. The quantitative estimate of drug-likeness (QED) is 0.736.